The van der Waals surface area contributed by atoms with Crippen LogP contribution in [0.5, 0.6) is 0 Å². The van der Waals surface area contributed by atoms with Gasteiger partial charge in [0.15, 0.2) is 0 Å². The molecule has 1 fully saturated rings. The Hall–Kier alpha value is -2.63. The average molecular weight is 326 g/mol. The first kappa shape index (κ1) is 16.2. The fraction of sp³-hybridized carbons (Fsp3) is 0.389. The van der Waals surface area contributed by atoms with Crippen molar-refractivity contribution in [2.45, 2.75) is 38.8 Å². The zero-order valence-electron chi connectivity index (χ0n) is 13.8. The number of carbonyl (C=O) groups excluding carboxylic acids is 2. The van der Waals surface area contributed by atoms with Crippen molar-refractivity contribution in [1.29, 1.82) is 0 Å². The number of hydrogen-bond donors (Lipinski definition) is 1. The first-order valence-electron chi connectivity index (χ1n) is 8.24. The molecule has 3 rings (SSSR count). The highest BCUT2D eigenvalue weighted by molar-refractivity contribution is 5.99. The van der Waals surface area contributed by atoms with Gasteiger partial charge in [-0.15, -0.1) is 0 Å². The van der Waals surface area contributed by atoms with Gasteiger partial charge in [0, 0.05) is 23.9 Å². The molecular formula is C18H22N4O2. The third-order valence-electron chi connectivity index (χ3n) is 4.44. The zero-order valence-corrected chi connectivity index (χ0v) is 13.8. The van der Waals surface area contributed by atoms with Gasteiger partial charge in [0.05, 0.1) is 18.8 Å². The van der Waals surface area contributed by atoms with Gasteiger partial charge < -0.3 is 10.6 Å². The van der Waals surface area contributed by atoms with Gasteiger partial charge in [0.2, 0.25) is 5.91 Å². The number of piperidine rings is 1. The molecule has 1 aliphatic heterocycles. The lowest BCUT2D eigenvalue weighted by Gasteiger charge is -2.36. The quantitative estimate of drug-likeness (QED) is 0.933. The Kier molecular flexibility index (Phi) is 4.64. The molecule has 0 bridgehead atoms. The molecule has 0 spiro atoms. The summed E-state index contributed by atoms with van der Waals surface area (Å²) in [5.41, 5.74) is 7.29. The van der Waals surface area contributed by atoms with Crippen molar-refractivity contribution in [2.75, 3.05) is 6.54 Å². The van der Waals surface area contributed by atoms with Crippen LogP contribution in [0.2, 0.25) is 0 Å². The molecule has 1 aliphatic rings. The van der Waals surface area contributed by atoms with Crippen molar-refractivity contribution >= 4 is 11.8 Å². The second-order valence-corrected chi connectivity index (χ2v) is 6.33. The maximum atomic E-state index is 12.9. The number of aryl methyl sites for hydroxylation is 1. The molecule has 0 aliphatic carbocycles. The van der Waals surface area contributed by atoms with E-state index in [4.69, 9.17) is 5.73 Å². The van der Waals surface area contributed by atoms with Crippen molar-refractivity contribution < 1.29 is 9.59 Å². The number of hydrogen-bond acceptors (Lipinski definition) is 3. The van der Waals surface area contributed by atoms with Crippen molar-refractivity contribution in [2.24, 2.45) is 5.73 Å². The van der Waals surface area contributed by atoms with Gasteiger partial charge in [-0.05, 0) is 49.9 Å². The Labute approximate surface area is 141 Å². The van der Waals surface area contributed by atoms with E-state index in [-0.39, 0.29) is 11.9 Å². The van der Waals surface area contributed by atoms with Gasteiger partial charge in [0.1, 0.15) is 0 Å². The molecule has 1 aromatic carbocycles. The van der Waals surface area contributed by atoms with E-state index < -0.39 is 5.91 Å². The monoisotopic (exact) mass is 326 g/mol. The Morgan fingerprint density at radius 2 is 2.08 bits per heavy atom. The molecule has 1 aromatic heterocycles. The minimum atomic E-state index is -0.521. The lowest BCUT2D eigenvalue weighted by Crippen LogP contribution is -2.46. The summed E-state index contributed by atoms with van der Waals surface area (Å²) in [7, 11) is 0. The van der Waals surface area contributed by atoms with Crippen LogP contribution >= 0.6 is 0 Å². The smallest absolute Gasteiger partial charge is 0.254 e. The average Bonchev–Trinajstić information content (AvgIpc) is 3.00. The molecule has 126 valence electrons. The summed E-state index contributed by atoms with van der Waals surface area (Å²) in [6.07, 6.45) is 6.88. The first-order valence-corrected chi connectivity index (χ1v) is 8.24. The highest BCUT2D eigenvalue weighted by atomic mass is 16.2. The third-order valence-corrected chi connectivity index (χ3v) is 4.44. The van der Waals surface area contributed by atoms with Crippen LogP contribution in [0, 0.1) is 6.92 Å². The second-order valence-electron chi connectivity index (χ2n) is 6.33. The van der Waals surface area contributed by atoms with E-state index in [1.54, 1.807) is 24.3 Å². The van der Waals surface area contributed by atoms with E-state index in [9.17, 15) is 9.59 Å². The van der Waals surface area contributed by atoms with E-state index >= 15 is 0 Å². The molecule has 6 heteroatoms. The van der Waals surface area contributed by atoms with Gasteiger partial charge in [-0.2, -0.15) is 5.10 Å². The molecule has 0 radical (unpaired) electrons. The van der Waals surface area contributed by atoms with Gasteiger partial charge in [-0.3, -0.25) is 14.3 Å². The fourth-order valence-corrected chi connectivity index (χ4v) is 3.21. The maximum Gasteiger partial charge on any atom is 0.254 e. The number of benzene rings is 1. The molecule has 1 atom stereocenters. The van der Waals surface area contributed by atoms with Crippen molar-refractivity contribution in [3.63, 3.8) is 0 Å². The molecule has 6 nitrogen and oxygen atoms in total. The predicted molar refractivity (Wildman–Crippen MR) is 90.6 cm³/mol. The van der Waals surface area contributed by atoms with Crippen LogP contribution in [0.1, 0.15) is 45.5 Å². The molecule has 2 aromatic rings. The van der Waals surface area contributed by atoms with Crippen LogP contribution in [-0.2, 0) is 6.54 Å². The summed E-state index contributed by atoms with van der Waals surface area (Å²) in [4.78, 5) is 26.2. The first-order chi connectivity index (χ1) is 11.5. The zero-order chi connectivity index (χ0) is 17.1. The van der Waals surface area contributed by atoms with E-state index in [1.807, 2.05) is 28.9 Å². The summed E-state index contributed by atoms with van der Waals surface area (Å²) in [6, 6.07) is 6.75. The highest BCUT2D eigenvalue weighted by Gasteiger charge is 2.28. The standard InChI is InChI=1S/C18H22N4O2/c1-13-10-20-21(11-13)12-16-7-2-3-8-22(16)18(24)15-6-4-5-14(9-15)17(19)23/h4-6,9-11,16H,2-3,7-8,12H2,1H3,(H2,19,23)/t16-/m0/s1. The number of amides is 2. The SMILES string of the molecule is Cc1cnn(C[C@@H]2CCCCN2C(=O)c2cccc(C(N)=O)c2)c1. The van der Waals surface area contributed by atoms with Crippen molar-refractivity contribution in [3.8, 4) is 0 Å². The number of nitrogens with two attached hydrogens (primary N) is 1. The predicted octanol–water partition coefficient (Wildman–Crippen LogP) is 1.99. The summed E-state index contributed by atoms with van der Waals surface area (Å²) in [5, 5.41) is 4.33. The molecule has 2 heterocycles. The van der Waals surface area contributed by atoms with Crippen LogP contribution in [0.4, 0.5) is 0 Å². The molecule has 2 N–H and O–H groups in total. The van der Waals surface area contributed by atoms with Crippen molar-refractivity contribution in [1.82, 2.24) is 14.7 Å². The lowest BCUT2D eigenvalue weighted by molar-refractivity contribution is 0.0584. The molecule has 0 unspecified atom stereocenters. The normalized spacial score (nSPS) is 17.7. The summed E-state index contributed by atoms with van der Waals surface area (Å²) in [5.74, 6) is -0.571. The van der Waals surface area contributed by atoms with E-state index in [0.717, 1.165) is 31.4 Å². The number of primary amides is 1. The Morgan fingerprint density at radius 1 is 1.29 bits per heavy atom. The van der Waals surface area contributed by atoms with Gasteiger partial charge in [-0.1, -0.05) is 6.07 Å². The second kappa shape index (κ2) is 6.86. The molecule has 2 amide bonds. The maximum absolute atomic E-state index is 12.9. The van der Waals surface area contributed by atoms with Crippen molar-refractivity contribution in [3.05, 3.63) is 53.3 Å². The van der Waals surface area contributed by atoms with Gasteiger partial charge in [-0.25, -0.2) is 0 Å². The van der Waals surface area contributed by atoms with E-state index in [0.29, 0.717) is 17.7 Å². The third kappa shape index (κ3) is 3.48. The summed E-state index contributed by atoms with van der Waals surface area (Å²) < 4.78 is 1.89. The minimum absolute atomic E-state index is 0.0494. The highest BCUT2D eigenvalue weighted by Crippen LogP contribution is 2.21. The van der Waals surface area contributed by atoms with Crippen LogP contribution in [-0.4, -0.2) is 39.1 Å². The fourth-order valence-electron chi connectivity index (χ4n) is 3.21. The molecule has 24 heavy (non-hydrogen) atoms. The number of likely N-dealkylation sites (tertiary alicyclic amines) is 1. The number of carbonyl (C=O) groups is 2. The van der Waals surface area contributed by atoms with Crippen LogP contribution < -0.4 is 5.73 Å². The largest absolute Gasteiger partial charge is 0.366 e. The van der Waals surface area contributed by atoms with Crippen LogP contribution in [0.3, 0.4) is 0 Å². The summed E-state index contributed by atoms with van der Waals surface area (Å²) in [6.45, 7) is 3.42. The molecule has 1 saturated heterocycles. The topological polar surface area (TPSA) is 81.2 Å². The minimum Gasteiger partial charge on any atom is -0.366 e. The lowest BCUT2D eigenvalue weighted by atomic mass is 10.00. The Bertz CT molecular complexity index is 753. The summed E-state index contributed by atoms with van der Waals surface area (Å²) >= 11 is 0. The number of rotatable bonds is 4. The van der Waals surface area contributed by atoms with Crippen LogP contribution in [0.15, 0.2) is 36.7 Å². The molecule has 0 saturated carbocycles. The van der Waals surface area contributed by atoms with E-state index in [2.05, 4.69) is 5.10 Å². The molecular weight excluding hydrogens is 304 g/mol. The Morgan fingerprint density at radius 3 is 2.79 bits per heavy atom. The number of nitrogens with zero attached hydrogens (tertiary/aromatic N) is 3. The van der Waals surface area contributed by atoms with Gasteiger partial charge in [0.25, 0.3) is 5.91 Å². The Balaban J connectivity index is 1.80. The number of aromatic nitrogens is 2. The van der Waals surface area contributed by atoms with E-state index in [1.165, 1.54) is 0 Å². The van der Waals surface area contributed by atoms with Crippen LogP contribution in [0.25, 0.3) is 0 Å². The van der Waals surface area contributed by atoms with Gasteiger partial charge >= 0.3 is 0 Å².